The second-order valence-corrected chi connectivity index (χ2v) is 3.08. The van der Waals surface area contributed by atoms with Gasteiger partial charge in [-0.3, -0.25) is 9.59 Å². The van der Waals surface area contributed by atoms with Gasteiger partial charge in [0.2, 0.25) is 0 Å². The summed E-state index contributed by atoms with van der Waals surface area (Å²) in [7, 11) is 0. The van der Waals surface area contributed by atoms with Gasteiger partial charge >= 0.3 is 49.7 Å². The summed E-state index contributed by atoms with van der Waals surface area (Å²) in [5, 5.41) is 17.0. The third-order valence-corrected chi connectivity index (χ3v) is 1.94. The molecule has 0 spiro atoms. The Hall–Kier alpha value is 0.200. The van der Waals surface area contributed by atoms with Gasteiger partial charge in [-0.2, -0.15) is 0 Å². The van der Waals surface area contributed by atoms with Crippen molar-refractivity contribution < 1.29 is 19.8 Å². The fourth-order valence-electron chi connectivity index (χ4n) is 1.13. The number of carboxylic acids is 2. The van der Waals surface area contributed by atoms with Crippen LogP contribution in [0.1, 0.15) is 39.0 Å². The van der Waals surface area contributed by atoms with E-state index in [1.807, 2.05) is 6.92 Å². The molecule has 0 aromatic rings. The van der Waals surface area contributed by atoms with Crippen molar-refractivity contribution in [3.8, 4) is 0 Å². The van der Waals surface area contributed by atoms with Gasteiger partial charge in [-0.25, -0.2) is 0 Å². The van der Waals surface area contributed by atoms with Crippen molar-refractivity contribution in [2.75, 3.05) is 0 Å². The topological polar surface area (TPSA) is 74.6 Å². The Morgan fingerprint density at radius 3 is 1.93 bits per heavy atom. The van der Waals surface area contributed by atoms with Crippen molar-refractivity contribution in [3.05, 3.63) is 0 Å². The Bertz CT molecular complexity index is 168. The van der Waals surface area contributed by atoms with Crippen LogP contribution in [-0.4, -0.2) is 59.9 Å². The molecule has 2 N–H and O–H groups in total. The van der Waals surface area contributed by atoms with Crippen LogP contribution in [0.5, 0.6) is 0 Å². The monoisotopic (exact) mass is 230 g/mol. The zero-order valence-electron chi connectivity index (χ0n) is 7.82. The molecule has 80 valence electrons. The quantitative estimate of drug-likeness (QED) is 0.386. The van der Waals surface area contributed by atoms with Crippen molar-refractivity contribution >= 4 is 49.7 Å². The minimum absolute atomic E-state index is 0. The third-order valence-electron chi connectivity index (χ3n) is 1.94. The van der Waals surface area contributed by atoms with E-state index in [4.69, 9.17) is 10.2 Å². The molecule has 0 aliphatic carbocycles. The first-order valence-corrected chi connectivity index (χ1v) is 4.55. The summed E-state index contributed by atoms with van der Waals surface area (Å²) in [6.07, 6.45) is 3.92. The van der Waals surface area contributed by atoms with Gasteiger partial charge in [-0.1, -0.05) is 32.6 Å². The van der Waals surface area contributed by atoms with Crippen LogP contribution in [0, 0.1) is 5.92 Å². The Labute approximate surface area is 114 Å². The Balaban J connectivity index is 0. The Morgan fingerprint density at radius 1 is 1.07 bits per heavy atom. The summed E-state index contributed by atoms with van der Waals surface area (Å²) in [5.41, 5.74) is 0. The van der Waals surface area contributed by atoms with E-state index >= 15 is 0 Å². The first kappa shape index (κ1) is 16.6. The van der Waals surface area contributed by atoms with Crippen LogP contribution in [-0.2, 0) is 9.59 Å². The van der Waals surface area contributed by atoms with E-state index in [1.165, 1.54) is 0 Å². The molecular formula is C9H18CaO4. The molecule has 0 fully saturated rings. The molecule has 0 aliphatic heterocycles. The number of carbonyl (C=O) groups is 2. The van der Waals surface area contributed by atoms with Crippen molar-refractivity contribution in [1.82, 2.24) is 0 Å². The molecule has 0 aliphatic rings. The van der Waals surface area contributed by atoms with Gasteiger partial charge in [-0.05, 0) is 6.42 Å². The van der Waals surface area contributed by atoms with Crippen LogP contribution < -0.4 is 0 Å². The van der Waals surface area contributed by atoms with Gasteiger partial charge in [0.15, 0.2) is 5.92 Å². The molecule has 14 heavy (non-hydrogen) atoms. The average Bonchev–Trinajstić information content (AvgIpc) is 2.02. The zero-order chi connectivity index (χ0) is 10.3. The molecule has 0 rings (SSSR count). The van der Waals surface area contributed by atoms with Crippen LogP contribution in [0.2, 0.25) is 0 Å². The van der Waals surface area contributed by atoms with Crippen molar-refractivity contribution in [1.29, 1.82) is 0 Å². The van der Waals surface area contributed by atoms with E-state index < -0.39 is 17.9 Å². The summed E-state index contributed by atoms with van der Waals surface area (Å²) in [4.78, 5) is 20.8. The van der Waals surface area contributed by atoms with E-state index in [1.54, 1.807) is 0 Å². The predicted molar refractivity (Wildman–Crippen MR) is 56.1 cm³/mol. The molecule has 0 heterocycles. The molecule has 0 amide bonds. The molecule has 0 aromatic heterocycles. The van der Waals surface area contributed by atoms with Crippen molar-refractivity contribution in [2.45, 2.75) is 39.0 Å². The van der Waals surface area contributed by atoms with Gasteiger partial charge in [-0.15, -0.1) is 0 Å². The van der Waals surface area contributed by atoms with Gasteiger partial charge in [0, 0.05) is 0 Å². The fourth-order valence-corrected chi connectivity index (χ4v) is 1.13. The molecule has 0 aromatic carbocycles. The molecule has 0 saturated carbocycles. The number of hydrogen-bond donors (Lipinski definition) is 2. The van der Waals surface area contributed by atoms with Gasteiger partial charge in [0.1, 0.15) is 0 Å². The van der Waals surface area contributed by atoms with Gasteiger partial charge in [0.25, 0.3) is 0 Å². The van der Waals surface area contributed by atoms with Crippen molar-refractivity contribution in [3.63, 3.8) is 0 Å². The van der Waals surface area contributed by atoms with Crippen LogP contribution >= 0.6 is 0 Å². The van der Waals surface area contributed by atoms with Gasteiger partial charge < -0.3 is 10.2 Å². The molecule has 0 unspecified atom stereocenters. The maximum atomic E-state index is 10.4. The summed E-state index contributed by atoms with van der Waals surface area (Å²) in [5.74, 6) is -3.69. The van der Waals surface area contributed by atoms with E-state index in [2.05, 4.69) is 0 Å². The number of carboxylic acid groups (broad SMARTS) is 2. The number of aliphatic carboxylic acids is 2. The normalized spacial score (nSPS) is 9.57. The molecule has 5 heteroatoms. The second kappa shape index (κ2) is 9.74. The van der Waals surface area contributed by atoms with E-state index in [0.717, 1.165) is 19.3 Å². The van der Waals surface area contributed by atoms with E-state index in [9.17, 15) is 9.59 Å². The van der Waals surface area contributed by atoms with Crippen LogP contribution in [0.4, 0.5) is 0 Å². The van der Waals surface area contributed by atoms with Crippen LogP contribution in [0.3, 0.4) is 0 Å². The minimum atomic E-state index is -1.23. The standard InChI is InChI=1S/C9H16O4.Ca.2H/c1-2-3-4-5-6-7(8(10)11)9(12)13;;;/h7H,2-6H2,1H3,(H,10,11)(H,12,13);;;. The summed E-state index contributed by atoms with van der Waals surface area (Å²) < 4.78 is 0. The van der Waals surface area contributed by atoms with Crippen molar-refractivity contribution in [2.24, 2.45) is 5.92 Å². The first-order chi connectivity index (χ1) is 6.09. The molecule has 0 radical (unpaired) electrons. The second-order valence-electron chi connectivity index (χ2n) is 3.08. The maximum absolute atomic E-state index is 10.4. The number of unbranched alkanes of at least 4 members (excludes halogenated alkanes) is 3. The molecule has 0 saturated heterocycles. The molecule has 0 atom stereocenters. The Kier molecular flexibility index (Phi) is 11.6. The van der Waals surface area contributed by atoms with Crippen LogP contribution in [0.15, 0.2) is 0 Å². The van der Waals surface area contributed by atoms with Crippen LogP contribution in [0.25, 0.3) is 0 Å². The fraction of sp³-hybridized carbons (Fsp3) is 0.778. The molecule has 4 nitrogen and oxygen atoms in total. The predicted octanol–water partition coefficient (Wildman–Crippen LogP) is 0.826. The van der Waals surface area contributed by atoms with E-state index in [-0.39, 0.29) is 44.2 Å². The average molecular weight is 230 g/mol. The third kappa shape index (κ3) is 7.59. The molecular weight excluding hydrogens is 212 g/mol. The number of hydrogen-bond acceptors (Lipinski definition) is 2. The summed E-state index contributed by atoms with van der Waals surface area (Å²) >= 11 is 0. The first-order valence-electron chi connectivity index (χ1n) is 4.55. The molecule has 0 bridgehead atoms. The Morgan fingerprint density at radius 2 is 1.57 bits per heavy atom. The van der Waals surface area contributed by atoms with Gasteiger partial charge in [0.05, 0.1) is 0 Å². The number of rotatable bonds is 7. The van der Waals surface area contributed by atoms with E-state index in [0.29, 0.717) is 6.42 Å². The SMILES string of the molecule is CCCCCCC(C(=O)O)C(=O)O.[CaH2]. The summed E-state index contributed by atoms with van der Waals surface area (Å²) in [6, 6.07) is 0. The zero-order valence-corrected chi connectivity index (χ0v) is 7.82. The summed E-state index contributed by atoms with van der Waals surface area (Å²) in [6.45, 7) is 2.05.